The van der Waals surface area contributed by atoms with Crippen molar-refractivity contribution in [2.45, 2.75) is 38.3 Å². The first-order chi connectivity index (χ1) is 7.96. The zero-order valence-corrected chi connectivity index (χ0v) is 11.4. The summed E-state index contributed by atoms with van der Waals surface area (Å²) in [5.74, 6) is 0.834. The molecule has 0 aliphatic heterocycles. The van der Waals surface area contributed by atoms with Crippen LogP contribution in [0.15, 0.2) is 0 Å². The number of carbonyl (C=O) groups is 1. The monoisotopic (exact) mass is 264 g/mol. The average Bonchev–Trinajstić information content (AvgIpc) is 2.31. The van der Waals surface area contributed by atoms with Crippen LogP contribution in [0.4, 0.5) is 0 Å². The number of primary amides is 1. The number of thioether (sulfide) groups is 1. The lowest BCUT2D eigenvalue weighted by atomic mass is 9.98. The second kappa shape index (κ2) is 8.74. The number of carbonyl (C=O) groups excluding carboxylic acids is 1. The van der Waals surface area contributed by atoms with E-state index in [4.69, 9.17) is 15.9 Å². The summed E-state index contributed by atoms with van der Waals surface area (Å²) in [4.78, 5) is 11.4. The third-order valence-corrected chi connectivity index (χ3v) is 3.69. The number of nitrogens with one attached hydrogen (secondary N) is 1. The Balaban J connectivity index is 3.96. The SMILES string of the molecule is CCCNC(C)(CCSCC(O)CO)C(N)=O. The quantitative estimate of drug-likeness (QED) is 0.407. The number of rotatable bonds is 10. The summed E-state index contributed by atoms with van der Waals surface area (Å²) < 4.78 is 0. The maximum absolute atomic E-state index is 11.4. The van der Waals surface area contributed by atoms with Crippen LogP contribution in [0, 0.1) is 0 Å². The number of nitrogens with two attached hydrogens (primary N) is 1. The number of amides is 1. The lowest BCUT2D eigenvalue weighted by molar-refractivity contribution is -0.123. The molecule has 0 aromatic heterocycles. The van der Waals surface area contributed by atoms with Crippen molar-refractivity contribution in [2.24, 2.45) is 5.73 Å². The van der Waals surface area contributed by atoms with E-state index in [0.29, 0.717) is 17.9 Å². The summed E-state index contributed by atoms with van der Waals surface area (Å²) in [6, 6.07) is 0. The summed E-state index contributed by atoms with van der Waals surface area (Å²) in [6.07, 6.45) is 0.869. The molecule has 0 spiro atoms. The van der Waals surface area contributed by atoms with Crippen LogP contribution in [0.2, 0.25) is 0 Å². The number of aliphatic hydroxyl groups excluding tert-OH is 2. The largest absolute Gasteiger partial charge is 0.394 e. The highest BCUT2D eigenvalue weighted by Gasteiger charge is 2.29. The topological polar surface area (TPSA) is 95.6 Å². The molecule has 2 unspecified atom stereocenters. The Hall–Kier alpha value is -0.300. The summed E-state index contributed by atoms with van der Waals surface area (Å²) in [5, 5.41) is 21.0. The van der Waals surface area contributed by atoms with Crippen molar-refractivity contribution in [1.29, 1.82) is 0 Å². The Kier molecular flexibility index (Phi) is 8.59. The lowest BCUT2D eigenvalue weighted by Crippen LogP contribution is -2.53. The van der Waals surface area contributed by atoms with Gasteiger partial charge in [0.25, 0.3) is 0 Å². The molecule has 5 N–H and O–H groups in total. The van der Waals surface area contributed by atoms with Gasteiger partial charge >= 0.3 is 0 Å². The maximum Gasteiger partial charge on any atom is 0.237 e. The Bertz CT molecular complexity index is 229. The standard InChI is InChI=1S/C11H24N2O3S/c1-3-5-13-11(2,10(12)16)4-6-17-8-9(15)7-14/h9,13-15H,3-8H2,1-2H3,(H2,12,16). The molecular weight excluding hydrogens is 240 g/mol. The molecule has 0 rings (SSSR count). The van der Waals surface area contributed by atoms with E-state index in [-0.39, 0.29) is 12.5 Å². The molecular formula is C11H24N2O3S. The summed E-state index contributed by atoms with van der Waals surface area (Å²) in [7, 11) is 0. The van der Waals surface area contributed by atoms with Gasteiger partial charge in [0.05, 0.1) is 18.2 Å². The third-order valence-electron chi connectivity index (χ3n) is 2.58. The molecule has 0 radical (unpaired) electrons. The maximum atomic E-state index is 11.4. The van der Waals surface area contributed by atoms with Crippen molar-refractivity contribution in [3.05, 3.63) is 0 Å². The van der Waals surface area contributed by atoms with Crippen molar-refractivity contribution >= 4 is 17.7 Å². The molecule has 0 fully saturated rings. The number of hydrogen-bond donors (Lipinski definition) is 4. The van der Waals surface area contributed by atoms with Gasteiger partial charge in [-0.3, -0.25) is 4.79 Å². The minimum absolute atomic E-state index is 0.228. The van der Waals surface area contributed by atoms with Crippen molar-refractivity contribution in [2.75, 3.05) is 24.7 Å². The zero-order chi connectivity index (χ0) is 13.3. The Morgan fingerprint density at radius 3 is 2.71 bits per heavy atom. The molecule has 0 heterocycles. The molecule has 0 saturated heterocycles. The van der Waals surface area contributed by atoms with Crippen LogP contribution >= 0.6 is 11.8 Å². The first kappa shape index (κ1) is 16.7. The molecule has 0 saturated carbocycles. The molecule has 2 atom stereocenters. The van der Waals surface area contributed by atoms with Gasteiger partial charge in [0, 0.05) is 5.75 Å². The van der Waals surface area contributed by atoms with Gasteiger partial charge in [0.15, 0.2) is 0 Å². The van der Waals surface area contributed by atoms with E-state index in [0.717, 1.165) is 13.0 Å². The second-order valence-electron chi connectivity index (χ2n) is 4.28. The summed E-state index contributed by atoms with van der Waals surface area (Å²) >= 11 is 1.51. The van der Waals surface area contributed by atoms with Gasteiger partial charge in [-0.05, 0) is 32.1 Å². The molecule has 1 amide bonds. The van der Waals surface area contributed by atoms with Crippen LogP contribution in [-0.4, -0.2) is 52.4 Å². The van der Waals surface area contributed by atoms with E-state index >= 15 is 0 Å². The first-order valence-electron chi connectivity index (χ1n) is 5.88. The van der Waals surface area contributed by atoms with E-state index in [9.17, 15) is 4.79 Å². The van der Waals surface area contributed by atoms with Crippen LogP contribution in [0.3, 0.4) is 0 Å². The van der Waals surface area contributed by atoms with Crippen molar-refractivity contribution < 1.29 is 15.0 Å². The fraction of sp³-hybridized carbons (Fsp3) is 0.909. The van der Waals surface area contributed by atoms with Gasteiger partial charge in [0.1, 0.15) is 0 Å². The molecule has 6 heteroatoms. The van der Waals surface area contributed by atoms with Gasteiger partial charge < -0.3 is 21.3 Å². The highest BCUT2D eigenvalue weighted by Crippen LogP contribution is 2.15. The predicted molar refractivity (Wildman–Crippen MR) is 70.9 cm³/mol. The van der Waals surface area contributed by atoms with Crippen LogP contribution < -0.4 is 11.1 Å². The normalized spacial score (nSPS) is 16.5. The van der Waals surface area contributed by atoms with Crippen LogP contribution in [-0.2, 0) is 4.79 Å². The fourth-order valence-corrected chi connectivity index (χ4v) is 2.34. The molecule has 0 aromatic rings. The molecule has 0 aliphatic carbocycles. The molecule has 5 nitrogen and oxygen atoms in total. The average molecular weight is 264 g/mol. The second-order valence-corrected chi connectivity index (χ2v) is 5.43. The van der Waals surface area contributed by atoms with Crippen LogP contribution in [0.1, 0.15) is 26.7 Å². The number of aliphatic hydroxyl groups is 2. The van der Waals surface area contributed by atoms with Gasteiger partial charge in [-0.25, -0.2) is 0 Å². The van der Waals surface area contributed by atoms with E-state index in [1.165, 1.54) is 11.8 Å². The first-order valence-corrected chi connectivity index (χ1v) is 7.03. The molecule has 0 bridgehead atoms. The van der Waals surface area contributed by atoms with Crippen LogP contribution in [0.25, 0.3) is 0 Å². The van der Waals surface area contributed by atoms with Gasteiger partial charge in [-0.15, -0.1) is 0 Å². The Morgan fingerprint density at radius 2 is 2.24 bits per heavy atom. The van der Waals surface area contributed by atoms with Crippen molar-refractivity contribution in [1.82, 2.24) is 5.32 Å². The summed E-state index contributed by atoms with van der Waals surface area (Å²) in [5.41, 5.74) is 4.69. The highest BCUT2D eigenvalue weighted by atomic mass is 32.2. The smallest absolute Gasteiger partial charge is 0.237 e. The molecule has 0 aromatic carbocycles. The van der Waals surface area contributed by atoms with E-state index < -0.39 is 11.6 Å². The van der Waals surface area contributed by atoms with E-state index in [2.05, 4.69) is 5.32 Å². The van der Waals surface area contributed by atoms with Crippen LogP contribution in [0.5, 0.6) is 0 Å². The molecule has 0 aliphatic rings. The molecule has 17 heavy (non-hydrogen) atoms. The minimum atomic E-state index is -0.691. The lowest BCUT2D eigenvalue weighted by Gasteiger charge is -2.27. The fourth-order valence-electron chi connectivity index (χ4n) is 1.25. The predicted octanol–water partition coefficient (Wildman–Crippen LogP) is -0.293. The van der Waals surface area contributed by atoms with Gasteiger partial charge in [-0.1, -0.05) is 6.92 Å². The van der Waals surface area contributed by atoms with E-state index in [1.807, 2.05) is 6.92 Å². The number of hydrogen-bond acceptors (Lipinski definition) is 5. The van der Waals surface area contributed by atoms with E-state index in [1.54, 1.807) is 6.92 Å². The summed E-state index contributed by atoms with van der Waals surface area (Å²) in [6.45, 7) is 4.35. The minimum Gasteiger partial charge on any atom is -0.394 e. The molecule has 102 valence electrons. The van der Waals surface area contributed by atoms with Gasteiger partial charge in [-0.2, -0.15) is 11.8 Å². The highest BCUT2D eigenvalue weighted by molar-refractivity contribution is 7.99. The van der Waals surface area contributed by atoms with Crippen molar-refractivity contribution in [3.8, 4) is 0 Å². The Morgan fingerprint density at radius 1 is 1.59 bits per heavy atom. The third kappa shape index (κ3) is 6.88. The van der Waals surface area contributed by atoms with Crippen molar-refractivity contribution in [3.63, 3.8) is 0 Å². The van der Waals surface area contributed by atoms with Gasteiger partial charge in [0.2, 0.25) is 5.91 Å². The Labute approximate surface area is 107 Å². The zero-order valence-electron chi connectivity index (χ0n) is 10.6.